The summed E-state index contributed by atoms with van der Waals surface area (Å²) < 4.78 is 5.90. The van der Waals surface area contributed by atoms with Crippen LogP contribution < -0.4 is 4.74 Å². The van der Waals surface area contributed by atoms with Crippen LogP contribution >= 0.6 is 11.6 Å². The molecule has 1 aromatic carbocycles. The summed E-state index contributed by atoms with van der Waals surface area (Å²) in [5.41, 5.74) is 2.77. The highest BCUT2D eigenvalue weighted by molar-refractivity contribution is 6.17. The van der Waals surface area contributed by atoms with Gasteiger partial charge in [-0.2, -0.15) is 0 Å². The van der Waals surface area contributed by atoms with Crippen molar-refractivity contribution in [1.82, 2.24) is 0 Å². The first-order valence-corrected chi connectivity index (χ1v) is 6.76. The first-order chi connectivity index (χ1) is 7.84. The third-order valence-corrected chi connectivity index (χ3v) is 3.75. The van der Waals surface area contributed by atoms with Gasteiger partial charge in [0.25, 0.3) is 0 Å². The van der Waals surface area contributed by atoms with Crippen molar-refractivity contribution in [2.75, 3.05) is 5.88 Å². The molecule has 0 radical (unpaired) electrons. The van der Waals surface area contributed by atoms with Gasteiger partial charge in [0, 0.05) is 12.3 Å². The summed E-state index contributed by atoms with van der Waals surface area (Å²) in [6.45, 7) is 8.77. The van der Waals surface area contributed by atoms with Gasteiger partial charge in [-0.25, -0.2) is 0 Å². The number of rotatable bonds is 3. The van der Waals surface area contributed by atoms with Gasteiger partial charge in [-0.3, -0.25) is 0 Å². The summed E-state index contributed by atoms with van der Waals surface area (Å²) in [5.74, 6) is 1.74. The predicted octanol–water partition coefficient (Wildman–Crippen LogP) is 4.31. The van der Waals surface area contributed by atoms with E-state index in [-0.39, 0.29) is 11.0 Å². The Morgan fingerprint density at radius 3 is 2.71 bits per heavy atom. The van der Waals surface area contributed by atoms with Gasteiger partial charge in [-0.05, 0) is 42.9 Å². The fourth-order valence-corrected chi connectivity index (χ4v) is 2.88. The van der Waals surface area contributed by atoms with Crippen LogP contribution in [-0.2, 0) is 11.8 Å². The van der Waals surface area contributed by atoms with Crippen molar-refractivity contribution in [2.24, 2.45) is 0 Å². The number of halogens is 1. The Morgan fingerprint density at radius 2 is 2.06 bits per heavy atom. The summed E-state index contributed by atoms with van der Waals surface area (Å²) in [7, 11) is 0. The molecular formula is C15H21ClO. The van der Waals surface area contributed by atoms with Gasteiger partial charge in [0.2, 0.25) is 0 Å². The van der Waals surface area contributed by atoms with Crippen LogP contribution in [0.25, 0.3) is 0 Å². The average Bonchev–Trinajstić information content (AvgIpc) is 2.50. The van der Waals surface area contributed by atoms with Crippen molar-refractivity contribution in [2.45, 2.75) is 51.6 Å². The summed E-state index contributed by atoms with van der Waals surface area (Å²) in [4.78, 5) is 0. The number of alkyl halides is 1. The fourth-order valence-electron chi connectivity index (χ4n) is 2.41. The first-order valence-electron chi connectivity index (χ1n) is 6.22. The van der Waals surface area contributed by atoms with E-state index in [0.717, 1.165) is 18.6 Å². The first kappa shape index (κ1) is 12.8. The molecule has 0 saturated heterocycles. The highest BCUT2D eigenvalue weighted by atomic mass is 35.5. The number of ether oxygens (including phenoxy) is 1. The minimum Gasteiger partial charge on any atom is -0.487 e. The Labute approximate surface area is 109 Å². The molecule has 1 aliphatic rings. The zero-order valence-electron chi connectivity index (χ0n) is 11.1. The number of hydrogen-bond donors (Lipinski definition) is 0. The largest absolute Gasteiger partial charge is 0.487 e. The molecule has 2 heteroatoms. The van der Waals surface area contributed by atoms with E-state index < -0.39 is 0 Å². The van der Waals surface area contributed by atoms with Crippen LogP contribution in [-0.4, -0.2) is 11.5 Å². The van der Waals surface area contributed by atoms with Gasteiger partial charge < -0.3 is 4.74 Å². The van der Waals surface area contributed by atoms with Crippen LogP contribution in [0.5, 0.6) is 5.75 Å². The minimum absolute atomic E-state index is 0.0580. The number of fused-ring (bicyclic) bond motifs is 1. The summed E-state index contributed by atoms with van der Waals surface area (Å²) in [5, 5.41) is 0. The molecule has 0 aromatic heterocycles. The van der Waals surface area contributed by atoms with Crippen molar-refractivity contribution in [3.05, 3.63) is 29.3 Å². The fraction of sp³-hybridized carbons (Fsp3) is 0.600. The lowest BCUT2D eigenvalue weighted by Gasteiger charge is -2.24. The normalized spacial score (nSPS) is 17.7. The lowest BCUT2D eigenvalue weighted by Crippen LogP contribution is -2.24. The Balaban J connectivity index is 2.30. The van der Waals surface area contributed by atoms with Crippen LogP contribution in [0.3, 0.4) is 0 Å². The molecule has 1 heterocycles. The van der Waals surface area contributed by atoms with Crippen LogP contribution in [0.15, 0.2) is 18.2 Å². The molecule has 1 aromatic rings. The zero-order chi connectivity index (χ0) is 12.7. The third-order valence-electron chi connectivity index (χ3n) is 3.56. The molecule has 94 valence electrons. The molecule has 0 fully saturated rings. The van der Waals surface area contributed by atoms with E-state index in [1.54, 1.807) is 0 Å². The van der Waals surface area contributed by atoms with E-state index >= 15 is 0 Å². The van der Waals surface area contributed by atoms with Crippen molar-refractivity contribution in [1.29, 1.82) is 0 Å². The lowest BCUT2D eigenvalue weighted by molar-refractivity contribution is 0.138. The second kappa shape index (κ2) is 4.20. The number of benzene rings is 1. The van der Waals surface area contributed by atoms with Crippen molar-refractivity contribution in [3.8, 4) is 5.75 Å². The average molecular weight is 253 g/mol. The smallest absolute Gasteiger partial charge is 0.123 e. The highest BCUT2D eigenvalue weighted by Gasteiger charge is 2.31. The Hall–Kier alpha value is -0.690. The molecule has 0 unspecified atom stereocenters. The maximum Gasteiger partial charge on any atom is 0.123 e. The van der Waals surface area contributed by atoms with E-state index in [1.807, 2.05) is 0 Å². The topological polar surface area (TPSA) is 9.23 Å². The van der Waals surface area contributed by atoms with Gasteiger partial charge in [0.05, 0.1) is 0 Å². The van der Waals surface area contributed by atoms with Crippen molar-refractivity contribution < 1.29 is 4.74 Å². The van der Waals surface area contributed by atoms with E-state index in [0.29, 0.717) is 5.88 Å². The van der Waals surface area contributed by atoms with Gasteiger partial charge in [-0.1, -0.05) is 26.0 Å². The van der Waals surface area contributed by atoms with Gasteiger partial charge >= 0.3 is 0 Å². The molecule has 17 heavy (non-hydrogen) atoms. The van der Waals surface area contributed by atoms with Crippen LogP contribution in [0.1, 0.15) is 45.2 Å². The van der Waals surface area contributed by atoms with Gasteiger partial charge in [0.15, 0.2) is 0 Å². The molecule has 0 aliphatic carbocycles. The lowest BCUT2D eigenvalue weighted by atomic mass is 9.81. The standard InChI is InChI=1S/C15H21ClO/c1-14(2,7-8-16)12-5-6-13-11(9-12)10-15(3,4)17-13/h5-6,9H,7-8,10H2,1-4H3. The van der Waals surface area contributed by atoms with E-state index in [4.69, 9.17) is 16.3 Å². The van der Waals surface area contributed by atoms with Crippen LogP contribution in [0.4, 0.5) is 0 Å². The summed E-state index contributed by atoms with van der Waals surface area (Å²) in [6, 6.07) is 6.57. The van der Waals surface area contributed by atoms with Crippen molar-refractivity contribution >= 4 is 11.6 Å². The molecule has 0 saturated carbocycles. The quantitative estimate of drug-likeness (QED) is 0.729. The molecule has 0 bridgehead atoms. The molecule has 0 amide bonds. The van der Waals surface area contributed by atoms with E-state index in [1.165, 1.54) is 11.1 Å². The molecule has 0 atom stereocenters. The van der Waals surface area contributed by atoms with Crippen LogP contribution in [0.2, 0.25) is 0 Å². The minimum atomic E-state index is -0.0580. The second-order valence-electron chi connectivity index (χ2n) is 6.18. The Bertz CT molecular complexity index is 421. The van der Waals surface area contributed by atoms with Crippen LogP contribution in [0, 0.1) is 0 Å². The highest BCUT2D eigenvalue weighted by Crippen LogP contribution is 2.38. The molecule has 0 N–H and O–H groups in total. The SMILES string of the molecule is CC1(C)Cc2cc(C(C)(C)CCCl)ccc2O1. The van der Waals surface area contributed by atoms with E-state index in [9.17, 15) is 0 Å². The van der Waals surface area contributed by atoms with Gasteiger partial charge in [0.1, 0.15) is 11.4 Å². The zero-order valence-corrected chi connectivity index (χ0v) is 11.9. The predicted molar refractivity (Wildman–Crippen MR) is 73.2 cm³/mol. The van der Waals surface area contributed by atoms with E-state index in [2.05, 4.69) is 45.9 Å². The molecular weight excluding hydrogens is 232 g/mol. The monoisotopic (exact) mass is 252 g/mol. The van der Waals surface area contributed by atoms with Gasteiger partial charge in [-0.15, -0.1) is 11.6 Å². The van der Waals surface area contributed by atoms with Crippen molar-refractivity contribution in [3.63, 3.8) is 0 Å². The second-order valence-corrected chi connectivity index (χ2v) is 6.56. The molecule has 2 rings (SSSR count). The summed E-state index contributed by atoms with van der Waals surface area (Å²) in [6.07, 6.45) is 1.99. The maximum absolute atomic E-state index is 5.90. The molecule has 0 spiro atoms. The summed E-state index contributed by atoms with van der Waals surface area (Å²) >= 11 is 5.87. The number of hydrogen-bond acceptors (Lipinski definition) is 1. The maximum atomic E-state index is 5.90. The molecule has 1 aliphatic heterocycles. The Kier molecular flexibility index (Phi) is 3.15. The molecule has 1 nitrogen and oxygen atoms in total. The Morgan fingerprint density at radius 1 is 1.35 bits per heavy atom. The third kappa shape index (κ3) is 2.60.